The van der Waals surface area contributed by atoms with E-state index in [4.69, 9.17) is 5.73 Å². The normalized spacial score (nSPS) is 26.5. The van der Waals surface area contributed by atoms with Gasteiger partial charge in [-0.05, 0) is 24.3 Å². The van der Waals surface area contributed by atoms with Crippen molar-refractivity contribution < 1.29 is 4.79 Å². The molecule has 2 N–H and O–H groups in total. The maximum Gasteiger partial charge on any atom is 0.220 e. The van der Waals surface area contributed by atoms with Crippen LogP contribution in [0.3, 0.4) is 0 Å². The smallest absolute Gasteiger partial charge is 0.220 e. The molecule has 1 amide bonds. The van der Waals surface area contributed by atoms with Crippen LogP contribution in [-0.4, -0.2) is 5.91 Å². The highest BCUT2D eigenvalue weighted by molar-refractivity contribution is 5.77. The second-order valence-electron chi connectivity index (χ2n) is 3.68. The van der Waals surface area contributed by atoms with Gasteiger partial charge in [0.2, 0.25) is 5.91 Å². The zero-order valence-corrected chi connectivity index (χ0v) is 7.44. The average molecular weight is 175 g/mol. The Hall–Kier alpha value is -1.31. The van der Waals surface area contributed by atoms with Gasteiger partial charge < -0.3 is 5.73 Å². The van der Waals surface area contributed by atoms with E-state index in [0.717, 1.165) is 12.8 Å². The summed E-state index contributed by atoms with van der Waals surface area (Å²) in [6, 6.07) is 10.3. The lowest BCUT2D eigenvalue weighted by Gasteiger charge is -2.33. The van der Waals surface area contributed by atoms with Gasteiger partial charge in [0.05, 0.1) is 0 Å². The van der Waals surface area contributed by atoms with Crippen LogP contribution in [0.5, 0.6) is 0 Å². The van der Waals surface area contributed by atoms with Crippen LogP contribution in [0.15, 0.2) is 30.3 Å². The van der Waals surface area contributed by atoms with Crippen LogP contribution in [0.25, 0.3) is 0 Å². The maximum atomic E-state index is 10.8. The number of carbonyl (C=O) groups excluding carboxylic acids is 1. The first-order valence-electron chi connectivity index (χ1n) is 4.61. The second-order valence-corrected chi connectivity index (χ2v) is 3.68. The Labute approximate surface area is 77.8 Å². The van der Waals surface area contributed by atoms with Gasteiger partial charge in [-0.2, -0.15) is 0 Å². The van der Waals surface area contributed by atoms with Crippen LogP contribution in [0.4, 0.5) is 0 Å². The number of amides is 1. The minimum Gasteiger partial charge on any atom is -0.369 e. The summed E-state index contributed by atoms with van der Waals surface area (Å²) in [5, 5.41) is 0. The van der Waals surface area contributed by atoms with Gasteiger partial charge in [0, 0.05) is 5.92 Å². The Morgan fingerprint density at radius 2 is 1.85 bits per heavy atom. The number of hydrogen-bond acceptors (Lipinski definition) is 1. The first-order chi connectivity index (χ1) is 6.27. The Balaban J connectivity index is 1.98. The second kappa shape index (κ2) is 3.21. The quantitative estimate of drug-likeness (QED) is 0.730. The van der Waals surface area contributed by atoms with Crippen LogP contribution in [0.1, 0.15) is 24.3 Å². The number of benzene rings is 1. The third-order valence-electron chi connectivity index (χ3n) is 2.81. The van der Waals surface area contributed by atoms with Gasteiger partial charge in [0.25, 0.3) is 0 Å². The summed E-state index contributed by atoms with van der Waals surface area (Å²) in [4.78, 5) is 10.8. The molecule has 1 aromatic rings. The molecule has 2 nitrogen and oxygen atoms in total. The van der Waals surface area contributed by atoms with Crippen LogP contribution >= 0.6 is 0 Å². The monoisotopic (exact) mass is 175 g/mol. The number of rotatable bonds is 2. The van der Waals surface area contributed by atoms with E-state index in [1.165, 1.54) is 5.56 Å². The van der Waals surface area contributed by atoms with E-state index in [0.29, 0.717) is 5.92 Å². The molecule has 13 heavy (non-hydrogen) atoms. The fourth-order valence-electron chi connectivity index (χ4n) is 1.85. The van der Waals surface area contributed by atoms with E-state index in [1.807, 2.05) is 18.2 Å². The highest BCUT2D eigenvalue weighted by atomic mass is 16.1. The summed E-state index contributed by atoms with van der Waals surface area (Å²) < 4.78 is 0. The van der Waals surface area contributed by atoms with Crippen molar-refractivity contribution in [2.45, 2.75) is 18.8 Å². The largest absolute Gasteiger partial charge is 0.369 e. The molecule has 0 saturated heterocycles. The highest BCUT2D eigenvalue weighted by Gasteiger charge is 2.33. The number of primary amides is 1. The molecular weight excluding hydrogens is 162 g/mol. The molecule has 0 unspecified atom stereocenters. The standard InChI is InChI=1S/C11H13NO/c12-11(13)10-6-9(7-10)8-4-2-1-3-5-8/h1-5,9-10H,6-7H2,(H2,12,13). The molecule has 1 saturated carbocycles. The van der Waals surface area contributed by atoms with E-state index in [2.05, 4.69) is 12.1 Å². The molecule has 2 heteroatoms. The van der Waals surface area contributed by atoms with Gasteiger partial charge in [0.15, 0.2) is 0 Å². The predicted octanol–water partition coefficient (Wildman–Crippen LogP) is 1.67. The molecule has 0 radical (unpaired) electrons. The van der Waals surface area contributed by atoms with Crippen LogP contribution in [0.2, 0.25) is 0 Å². The summed E-state index contributed by atoms with van der Waals surface area (Å²) in [5.74, 6) is 0.524. The minimum absolute atomic E-state index is 0.116. The van der Waals surface area contributed by atoms with Gasteiger partial charge in [-0.1, -0.05) is 30.3 Å². The molecule has 0 aliphatic heterocycles. The Morgan fingerprint density at radius 3 is 2.38 bits per heavy atom. The zero-order chi connectivity index (χ0) is 9.26. The summed E-state index contributed by atoms with van der Waals surface area (Å²) >= 11 is 0. The number of hydrogen-bond donors (Lipinski definition) is 1. The number of nitrogens with two attached hydrogens (primary N) is 1. The van der Waals surface area contributed by atoms with Gasteiger partial charge in [-0.25, -0.2) is 0 Å². The molecule has 0 aromatic heterocycles. The number of carbonyl (C=O) groups is 1. The summed E-state index contributed by atoms with van der Waals surface area (Å²) in [6.45, 7) is 0. The van der Waals surface area contributed by atoms with E-state index in [1.54, 1.807) is 0 Å². The van der Waals surface area contributed by atoms with Gasteiger partial charge in [0.1, 0.15) is 0 Å². The van der Waals surface area contributed by atoms with Crippen molar-refractivity contribution >= 4 is 5.91 Å². The van der Waals surface area contributed by atoms with E-state index in [-0.39, 0.29) is 11.8 Å². The van der Waals surface area contributed by atoms with E-state index >= 15 is 0 Å². The topological polar surface area (TPSA) is 43.1 Å². The van der Waals surface area contributed by atoms with Crippen LogP contribution < -0.4 is 5.73 Å². The van der Waals surface area contributed by atoms with Crippen molar-refractivity contribution in [1.82, 2.24) is 0 Å². The molecule has 68 valence electrons. The Bertz CT molecular complexity index is 301. The van der Waals surface area contributed by atoms with Crippen molar-refractivity contribution in [1.29, 1.82) is 0 Å². The van der Waals surface area contributed by atoms with Crippen molar-refractivity contribution in [3.63, 3.8) is 0 Å². The predicted molar refractivity (Wildman–Crippen MR) is 51.1 cm³/mol. The van der Waals surface area contributed by atoms with Crippen molar-refractivity contribution in [3.8, 4) is 0 Å². The first kappa shape index (κ1) is 8.30. The third kappa shape index (κ3) is 1.57. The first-order valence-corrected chi connectivity index (χ1v) is 4.61. The molecule has 1 aromatic carbocycles. The van der Waals surface area contributed by atoms with E-state index < -0.39 is 0 Å². The van der Waals surface area contributed by atoms with Gasteiger partial charge in [-0.3, -0.25) is 4.79 Å². The zero-order valence-electron chi connectivity index (χ0n) is 7.44. The average Bonchev–Trinajstić information content (AvgIpc) is 2.02. The van der Waals surface area contributed by atoms with Crippen molar-refractivity contribution in [2.24, 2.45) is 11.7 Å². The lowest BCUT2D eigenvalue weighted by molar-refractivity contribution is -0.124. The summed E-state index contributed by atoms with van der Waals surface area (Å²) in [5.41, 5.74) is 6.53. The molecule has 1 fully saturated rings. The lowest BCUT2D eigenvalue weighted by atomic mass is 9.71. The molecular formula is C11H13NO. The maximum absolute atomic E-state index is 10.8. The Kier molecular flexibility index (Phi) is 2.05. The summed E-state index contributed by atoms with van der Waals surface area (Å²) in [6.07, 6.45) is 1.86. The lowest BCUT2D eigenvalue weighted by Crippen LogP contribution is -2.33. The molecule has 0 spiro atoms. The van der Waals surface area contributed by atoms with Crippen LogP contribution in [0, 0.1) is 5.92 Å². The molecule has 0 atom stereocenters. The van der Waals surface area contributed by atoms with Crippen molar-refractivity contribution in [2.75, 3.05) is 0 Å². The molecule has 0 heterocycles. The molecule has 0 bridgehead atoms. The minimum atomic E-state index is -0.146. The van der Waals surface area contributed by atoms with Gasteiger partial charge >= 0.3 is 0 Å². The van der Waals surface area contributed by atoms with E-state index in [9.17, 15) is 4.79 Å². The SMILES string of the molecule is NC(=O)C1CC(c2ccccc2)C1. The highest BCUT2D eigenvalue weighted by Crippen LogP contribution is 2.41. The van der Waals surface area contributed by atoms with Gasteiger partial charge in [-0.15, -0.1) is 0 Å². The molecule has 1 aliphatic carbocycles. The van der Waals surface area contributed by atoms with Crippen LogP contribution in [-0.2, 0) is 4.79 Å². The molecule has 2 rings (SSSR count). The summed E-state index contributed by atoms with van der Waals surface area (Å²) in [7, 11) is 0. The fourth-order valence-corrected chi connectivity index (χ4v) is 1.85. The third-order valence-corrected chi connectivity index (χ3v) is 2.81. The fraction of sp³-hybridized carbons (Fsp3) is 0.364. The Morgan fingerprint density at radius 1 is 1.23 bits per heavy atom. The van der Waals surface area contributed by atoms with Crippen molar-refractivity contribution in [3.05, 3.63) is 35.9 Å². The molecule has 1 aliphatic rings.